The number of aliphatic hydroxyl groups excluding tert-OH is 1. The molecule has 2 heterocycles. The van der Waals surface area contributed by atoms with Crippen molar-refractivity contribution in [1.29, 1.82) is 0 Å². The second kappa shape index (κ2) is 20.0. The van der Waals surface area contributed by atoms with Crippen LogP contribution in [0.3, 0.4) is 0 Å². The van der Waals surface area contributed by atoms with E-state index in [2.05, 4.69) is 52.7 Å². The number of likely N-dealkylation sites (tertiary alicyclic amines) is 1. The van der Waals surface area contributed by atoms with Crippen LogP contribution in [-0.2, 0) is 51.9 Å². The average Bonchev–Trinajstić information content (AvgIpc) is 3.21. The quantitative estimate of drug-likeness (QED) is 0.115. The van der Waals surface area contributed by atoms with Crippen LogP contribution in [0.4, 0.5) is 10.5 Å². The molecule has 0 bridgehead atoms. The number of carbonyl (C=O) groups is 2. The number of fused-ring (bicyclic) bond motifs is 1. The summed E-state index contributed by atoms with van der Waals surface area (Å²) in [5.41, 5.74) is 7.48. The summed E-state index contributed by atoms with van der Waals surface area (Å²) in [4.78, 5) is 28.9. The maximum atomic E-state index is 13.3. The van der Waals surface area contributed by atoms with Crippen LogP contribution >= 0.6 is 0 Å². The summed E-state index contributed by atoms with van der Waals surface area (Å²) in [7, 11) is 0. The molecule has 4 aromatic carbocycles. The van der Waals surface area contributed by atoms with Crippen molar-refractivity contribution in [1.82, 2.24) is 10.2 Å². The Labute approximate surface area is 319 Å². The van der Waals surface area contributed by atoms with E-state index >= 15 is 0 Å². The van der Waals surface area contributed by atoms with E-state index in [0.717, 1.165) is 72.3 Å². The minimum Gasteiger partial charge on any atom is -0.494 e. The number of anilines is 1. The van der Waals surface area contributed by atoms with Crippen LogP contribution in [0.25, 0.3) is 0 Å². The molecule has 10 nitrogen and oxygen atoms in total. The third kappa shape index (κ3) is 11.3. The largest absolute Gasteiger partial charge is 0.494 e. The molecule has 2 unspecified atom stereocenters. The Morgan fingerprint density at radius 1 is 0.833 bits per heavy atom. The topological polar surface area (TPSA) is 110 Å². The maximum Gasteiger partial charge on any atom is 0.410 e. The molecule has 2 N–H and O–H groups in total. The fraction of sp³-hybridized carbons (Fsp3) is 0.409. The average molecular weight is 736 g/mol. The number of carbonyl (C=O) groups excluding carboxylic acids is 2. The maximum absolute atomic E-state index is 13.3. The molecule has 1 fully saturated rings. The van der Waals surface area contributed by atoms with Crippen molar-refractivity contribution < 1.29 is 33.6 Å². The third-order valence-electron chi connectivity index (χ3n) is 10.1. The summed E-state index contributed by atoms with van der Waals surface area (Å²) >= 11 is 0. The van der Waals surface area contributed by atoms with Gasteiger partial charge in [0, 0.05) is 51.1 Å². The van der Waals surface area contributed by atoms with Gasteiger partial charge in [0.1, 0.15) is 12.4 Å². The van der Waals surface area contributed by atoms with E-state index in [1.807, 2.05) is 54.6 Å². The molecule has 4 aromatic rings. The lowest BCUT2D eigenvalue weighted by molar-refractivity contribution is -0.118. The lowest BCUT2D eigenvalue weighted by Crippen LogP contribution is -2.47. The summed E-state index contributed by atoms with van der Waals surface area (Å²) in [6.07, 6.45) is 2.99. The number of ether oxygens (including phenoxy) is 4. The van der Waals surface area contributed by atoms with Gasteiger partial charge >= 0.3 is 6.09 Å². The van der Waals surface area contributed by atoms with E-state index in [4.69, 9.17) is 18.9 Å². The van der Waals surface area contributed by atoms with Gasteiger partial charge in [-0.2, -0.15) is 0 Å². The third-order valence-corrected chi connectivity index (χ3v) is 10.1. The van der Waals surface area contributed by atoms with E-state index in [1.165, 1.54) is 11.3 Å². The van der Waals surface area contributed by atoms with Gasteiger partial charge in [0.15, 0.2) is 0 Å². The fourth-order valence-electron chi connectivity index (χ4n) is 7.20. The number of nitrogens with one attached hydrogen (secondary N) is 1. The molecule has 1 saturated heterocycles. The Hall–Kier alpha value is -4.90. The molecular formula is C44H53N3O7. The molecule has 2 aliphatic heterocycles. The summed E-state index contributed by atoms with van der Waals surface area (Å²) in [5.74, 6) is 0.859. The second-order valence-electron chi connectivity index (χ2n) is 14.1. The fourth-order valence-corrected chi connectivity index (χ4v) is 7.20. The van der Waals surface area contributed by atoms with E-state index in [1.54, 1.807) is 11.8 Å². The van der Waals surface area contributed by atoms with Crippen molar-refractivity contribution in [3.05, 3.63) is 130 Å². The summed E-state index contributed by atoms with van der Waals surface area (Å²) in [6, 6.07) is 32.4. The van der Waals surface area contributed by atoms with Gasteiger partial charge in [-0.3, -0.25) is 4.79 Å². The Bertz CT molecular complexity index is 1780. The Morgan fingerprint density at radius 3 is 2.44 bits per heavy atom. The first-order valence-corrected chi connectivity index (χ1v) is 19.1. The van der Waals surface area contributed by atoms with Gasteiger partial charge in [0.2, 0.25) is 5.91 Å². The standard InChI is InChI=1S/C44H53N3O7/c1-33(49)45-20-23-46-21-6-12-39-14-13-37(27-42(39)46)31-53-43-28-47(44(50)54-32-36-11-5-10-35(26-36)29-48)22-19-41(43)38-15-17-40(18-16-38)52-25-7-24-51-30-34-8-3-2-4-9-34/h2-5,8-11,13-18,26-27,41,43,48H,6-7,12,19-25,28-32H2,1H3,(H,45,49). The monoisotopic (exact) mass is 735 g/mol. The number of rotatable bonds is 17. The van der Waals surface area contributed by atoms with Gasteiger partial charge in [-0.1, -0.05) is 78.9 Å². The van der Waals surface area contributed by atoms with Crippen LogP contribution in [-0.4, -0.2) is 74.0 Å². The predicted octanol–water partition coefficient (Wildman–Crippen LogP) is 6.76. The molecule has 2 aliphatic rings. The van der Waals surface area contributed by atoms with Gasteiger partial charge in [0.25, 0.3) is 0 Å². The first-order chi connectivity index (χ1) is 26.4. The highest BCUT2D eigenvalue weighted by molar-refractivity contribution is 5.72. The number of amides is 2. The summed E-state index contributed by atoms with van der Waals surface area (Å²) in [6.45, 7) is 7.05. The molecule has 2 amide bonds. The summed E-state index contributed by atoms with van der Waals surface area (Å²) < 4.78 is 24.3. The zero-order chi connectivity index (χ0) is 37.5. The van der Waals surface area contributed by atoms with Crippen molar-refractivity contribution in [3.63, 3.8) is 0 Å². The second-order valence-corrected chi connectivity index (χ2v) is 14.1. The molecule has 0 aromatic heterocycles. The van der Waals surface area contributed by atoms with Crippen LogP contribution in [0, 0.1) is 0 Å². The first-order valence-electron chi connectivity index (χ1n) is 19.1. The van der Waals surface area contributed by atoms with E-state index in [9.17, 15) is 14.7 Å². The smallest absolute Gasteiger partial charge is 0.410 e. The van der Waals surface area contributed by atoms with E-state index in [-0.39, 0.29) is 37.2 Å². The van der Waals surface area contributed by atoms with Crippen molar-refractivity contribution in [2.45, 2.75) is 71.1 Å². The van der Waals surface area contributed by atoms with Crippen LogP contribution in [0.15, 0.2) is 97.1 Å². The van der Waals surface area contributed by atoms with E-state index < -0.39 is 0 Å². The first kappa shape index (κ1) is 38.8. The summed E-state index contributed by atoms with van der Waals surface area (Å²) in [5, 5.41) is 12.4. The Balaban J connectivity index is 1.08. The minimum atomic E-state index is -0.378. The zero-order valence-electron chi connectivity index (χ0n) is 31.3. The van der Waals surface area contributed by atoms with Crippen LogP contribution < -0.4 is 15.0 Å². The highest BCUT2D eigenvalue weighted by atomic mass is 16.6. The predicted molar refractivity (Wildman–Crippen MR) is 208 cm³/mol. The van der Waals surface area contributed by atoms with E-state index in [0.29, 0.717) is 46.1 Å². The number of nitrogens with zero attached hydrogens (tertiary/aromatic N) is 2. The normalized spacial score (nSPS) is 16.8. The SMILES string of the molecule is CC(=O)NCCN1CCCc2ccc(COC3CN(C(=O)OCc4cccc(CO)c4)CCC3c3ccc(OCCCOCc4ccccc4)cc3)cc21. The van der Waals surface area contributed by atoms with Crippen LogP contribution in [0.5, 0.6) is 5.75 Å². The Kier molecular flexibility index (Phi) is 14.4. The molecule has 6 rings (SSSR count). The molecule has 0 radical (unpaired) electrons. The minimum absolute atomic E-state index is 0.0207. The van der Waals surface area contributed by atoms with Crippen molar-refractivity contribution in [3.8, 4) is 5.75 Å². The molecule has 0 saturated carbocycles. The van der Waals surface area contributed by atoms with Gasteiger partial charge in [-0.25, -0.2) is 4.79 Å². The lowest BCUT2D eigenvalue weighted by atomic mass is 9.87. The zero-order valence-corrected chi connectivity index (χ0v) is 31.3. The number of piperidine rings is 1. The number of hydrogen-bond acceptors (Lipinski definition) is 8. The molecule has 10 heteroatoms. The van der Waals surface area contributed by atoms with Gasteiger partial charge in [-0.15, -0.1) is 0 Å². The number of aliphatic hydroxyl groups is 1. The van der Waals surface area contributed by atoms with Crippen LogP contribution in [0.1, 0.15) is 65.5 Å². The molecule has 286 valence electrons. The molecule has 2 atom stereocenters. The van der Waals surface area contributed by atoms with Crippen LogP contribution in [0.2, 0.25) is 0 Å². The van der Waals surface area contributed by atoms with Gasteiger partial charge in [0.05, 0.1) is 45.7 Å². The molecular weight excluding hydrogens is 682 g/mol. The molecule has 0 aliphatic carbocycles. The highest BCUT2D eigenvalue weighted by Crippen LogP contribution is 2.34. The van der Waals surface area contributed by atoms with Crippen molar-refractivity contribution in [2.75, 3.05) is 50.8 Å². The van der Waals surface area contributed by atoms with Crippen molar-refractivity contribution >= 4 is 17.7 Å². The van der Waals surface area contributed by atoms with Gasteiger partial charge < -0.3 is 39.2 Å². The molecule has 54 heavy (non-hydrogen) atoms. The molecule has 0 spiro atoms. The van der Waals surface area contributed by atoms with Crippen molar-refractivity contribution in [2.24, 2.45) is 0 Å². The number of benzene rings is 4. The van der Waals surface area contributed by atoms with Gasteiger partial charge in [-0.05, 0) is 70.8 Å². The highest BCUT2D eigenvalue weighted by Gasteiger charge is 2.34. The Morgan fingerprint density at radius 2 is 1.63 bits per heavy atom. The number of hydrogen-bond donors (Lipinski definition) is 2. The lowest BCUT2D eigenvalue weighted by Gasteiger charge is -2.38. The number of aryl methyl sites for hydroxylation is 1.